The summed E-state index contributed by atoms with van der Waals surface area (Å²) in [5.74, 6) is 0.569. The number of ether oxygens (including phenoxy) is 1. The van der Waals surface area contributed by atoms with Crippen LogP contribution < -0.4 is 5.32 Å². The van der Waals surface area contributed by atoms with Gasteiger partial charge in [-0.15, -0.1) is 0 Å². The molecule has 0 amide bonds. The molecule has 0 aromatic heterocycles. The van der Waals surface area contributed by atoms with Crippen LogP contribution in [0.4, 0.5) is 0 Å². The molecule has 0 aromatic carbocycles. The lowest BCUT2D eigenvalue weighted by molar-refractivity contribution is 0.0978. The van der Waals surface area contributed by atoms with Gasteiger partial charge in [0.1, 0.15) is 0 Å². The molecule has 0 aliphatic carbocycles. The number of rotatable bonds is 16. The second kappa shape index (κ2) is 14.5. The molecule has 0 spiro atoms. The van der Waals surface area contributed by atoms with Gasteiger partial charge in [0.15, 0.2) is 0 Å². The maximum absolute atomic E-state index is 5.41. The van der Waals surface area contributed by atoms with Gasteiger partial charge in [0.05, 0.1) is 6.61 Å². The predicted molar refractivity (Wildman–Crippen MR) is 99.6 cm³/mol. The third kappa shape index (κ3) is 10.6. The van der Waals surface area contributed by atoms with E-state index in [0.29, 0.717) is 5.92 Å². The van der Waals surface area contributed by atoms with Crippen LogP contribution in [0.5, 0.6) is 0 Å². The summed E-state index contributed by atoms with van der Waals surface area (Å²) in [5.41, 5.74) is 0.229. The lowest BCUT2D eigenvalue weighted by Gasteiger charge is -2.37. The molecule has 0 aliphatic heterocycles. The van der Waals surface area contributed by atoms with Crippen LogP contribution in [0.15, 0.2) is 0 Å². The Morgan fingerprint density at radius 2 is 1.41 bits per heavy atom. The zero-order chi connectivity index (χ0) is 16.7. The first kappa shape index (κ1) is 21.9. The smallest absolute Gasteiger partial charge is 0.0505 e. The van der Waals surface area contributed by atoms with Crippen molar-refractivity contribution in [3.63, 3.8) is 0 Å². The summed E-state index contributed by atoms with van der Waals surface area (Å²) in [4.78, 5) is 0. The minimum absolute atomic E-state index is 0.229. The van der Waals surface area contributed by atoms with Crippen LogP contribution in [0, 0.1) is 5.92 Å². The van der Waals surface area contributed by atoms with Crippen molar-refractivity contribution in [2.45, 2.75) is 104 Å². The van der Waals surface area contributed by atoms with Gasteiger partial charge >= 0.3 is 0 Å². The average molecular weight is 314 g/mol. The average Bonchev–Trinajstić information content (AvgIpc) is 2.51. The molecular formula is C20H43NO. The van der Waals surface area contributed by atoms with Crippen LogP contribution >= 0.6 is 0 Å². The molecule has 2 nitrogen and oxygen atoms in total. The number of hydrogen-bond acceptors (Lipinski definition) is 2. The Labute approximate surface area is 140 Å². The van der Waals surface area contributed by atoms with Gasteiger partial charge in [0.25, 0.3) is 0 Å². The van der Waals surface area contributed by atoms with Gasteiger partial charge in [-0.25, -0.2) is 0 Å². The zero-order valence-electron chi connectivity index (χ0n) is 16.2. The molecule has 0 aromatic rings. The first-order chi connectivity index (χ1) is 10.6. The van der Waals surface area contributed by atoms with Crippen molar-refractivity contribution in [1.82, 2.24) is 5.32 Å². The molecule has 1 N–H and O–H groups in total. The Morgan fingerprint density at radius 1 is 0.864 bits per heavy atom. The SMILES string of the molecule is CCCCCCCCC(C)(NCCCCCC)C(C)COC. The predicted octanol–water partition coefficient (Wildman–Crippen LogP) is 5.95. The molecule has 0 rings (SSSR count). The van der Waals surface area contributed by atoms with E-state index in [1.54, 1.807) is 0 Å². The Hall–Kier alpha value is -0.0800. The van der Waals surface area contributed by atoms with Crippen molar-refractivity contribution >= 4 is 0 Å². The van der Waals surface area contributed by atoms with Crippen molar-refractivity contribution < 1.29 is 4.74 Å². The summed E-state index contributed by atoms with van der Waals surface area (Å²) in [6.07, 6.45) is 14.9. The summed E-state index contributed by atoms with van der Waals surface area (Å²) < 4.78 is 5.41. The van der Waals surface area contributed by atoms with Crippen LogP contribution in [0.25, 0.3) is 0 Å². The first-order valence-corrected chi connectivity index (χ1v) is 9.84. The minimum Gasteiger partial charge on any atom is -0.384 e. The second-order valence-corrected chi connectivity index (χ2v) is 7.28. The zero-order valence-corrected chi connectivity index (χ0v) is 16.2. The monoisotopic (exact) mass is 313 g/mol. The van der Waals surface area contributed by atoms with E-state index < -0.39 is 0 Å². The highest BCUT2D eigenvalue weighted by Gasteiger charge is 2.29. The topological polar surface area (TPSA) is 21.3 Å². The molecule has 2 atom stereocenters. The van der Waals surface area contributed by atoms with E-state index in [0.717, 1.165) is 13.2 Å². The molecule has 2 heteroatoms. The highest BCUT2D eigenvalue weighted by Crippen LogP contribution is 2.25. The third-order valence-corrected chi connectivity index (χ3v) is 5.11. The van der Waals surface area contributed by atoms with E-state index >= 15 is 0 Å². The molecule has 0 bridgehead atoms. The Morgan fingerprint density at radius 3 is 2.00 bits per heavy atom. The standard InChI is InChI=1S/C20H43NO/c1-6-8-10-12-13-14-16-20(4,19(3)18-22-5)21-17-15-11-9-7-2/h19,21H,6-18H2,1-5H3. The van der Waals surface area contributed by atoms with Gasteiger partial charge in [-0.05, 0) is 32.2 Å². The molecule has 0 radical (unpaired) electrons. The minimum atomic E-state index is 0.229. The van der Waals surface area contributed by atoms with Gasteiger partial charge in [0, 0.05) is 12.6 Å². The number of hydrogen-bond donors (Lipinski definition) is 1. The van der Waals surface area contributed by atoms with Gasteiger partial charge in [-0.3, -0.25) is 0 Å². The van der Waals surface area contributed by atoms with Crippen LogP contribution in [0.1, 0.15) is 98.3 Å². The van der Waals surface area contributed by atoms with E-state index in [4.69, 9.17) is 4.74 Å². The highest BCUT2D eigenvalue weighted by atomic mass is 16.5. The number of unbranched alkanes of at least 4 members (excludes halogenated alkanes) is 8. The fourth-order valence-corrected chi connectivity index (χ4v) is 3.14. The van der Waals surface area contributed by atoms with Crippen LogP contribution in [-0.4, -0.2) is 25.8 Å². The maximum atomic E-state index is 5.41. The summed E-state index contributed by atoms with van der Waals surface area (Å²) in [7, 11) is 1.82. The summed E-state index contributed by atoms with van der Waals surface area (Å²) in [6, 6.07) is 0. The van der Waals surface area contributed by atoms with Crippen LogP contribution in [0.3, 0.4) is 0 Å². The van der Waals surface area contributed by atoms with E-state index in [-0.39, 0.29) is 5.54 Å². The van der Waals surface area contributed by atoms with Crippen molar-refractivity contribution in [3.8, 4) is 0 Å². The lowest BCUT2D eigenvalue weighted by Crippen LogP contribution is -2.49. The largest absolute Gasteiger partial charge is 0.384 e. The van der Waals surface area contributed by atoms with E-state index in [1.807, 2.05) is 7.11 Å². The number of nitrogens with one attached hydrogen (secondary N) is 1. The van der Waals surface area contributed by atoms with Crippen LogP contribution in [-0.2, 0) is 4.74 Å². The lowest BCUT2D eigenvalue weighted by atomic mass is 9.82. The maximum Gasteiger partial charge on any atom is 0.0505 e. The first-order valence-electron chi connectivity index (χ1n) is 9.84. The molecule has 2 unspecified atom stereocenters. The summed E-state index contributed by atoms with van der Waals surface area (Å²) in [5, 5.41) is 3.86. The normalized spacial score (nSPS) is 15.7. The molecule has 22 heavy (non-hydrogen) atoms. The van der Waals surface area contributed by atoms with Gasteiger partial charge < -0.3 is 10.1 Å². The van der Waals surface area contributed by atoms with Crippen molar-refractivity contribution in [2.75, 3.05) is 20.3 Å². The van der Waals surface area contributed by atoms with Crippen molar-refractivity contribution in [2.24, 2.45) is 5.92 Å². The highest BCUT2D eigenvalue weighted by molar-refractivity contribution is 4.88. The van der Waals surface area contributed by atoms with E-state index in [1.165, 1.54) is 70.6 Å². The molecule has 0 fully saturated rings. The molecule has 0 saturated carbocycles. The molecule has 0 heterocycles. The van der Waals surface area contributed by atoms with Gasteiger partial charge in [0.2, 0.25) is 0 Å². The summed E-state index contributed by atoms with van der Waals surface area (Å²) in [6.45, 7) is 11.3. The fraction of sp³-hybridized carbons (Fsp3) is 1.00. The van der Waals surface area contributed by atoms with Crippen LogP contribution in [0.2, 0.25) is 0 Å². The van der Waals surface area contributed by atoms with E-state index in [2.05, 4.69) is 33.0 Å². The van der Waals surface area contributed by atoms with Crippen molar-refractivity contribution in [1.29, 1.82) is 0 Å². The molecule has 134 valence electrons. The second-order valence-electron chi connectivity index (χ2n) is 7.28. The fourth-order valence-electron chi connectivity index (χ4n) is 3.14. The van der Waals surface area contributed by atoms with Crippen molar-refractivity contribution in [3.05, 3.63) is 0 Å². The van der Waals surface area contributed by atoms with E-state index in [9.17, 15) is 0 Å². The Kier molecular flexibility index (Phi) is 14.5. The summed E-state index contributed by atoms with van der Waals surface area (Å²) >= 11 is 0. The quantitative estimate of drug-likeness (QED) is 0.356. The molecule has 0 saturated heterocycles. The molecule has 0 aliphatic rings. The molecular weight excluding hydrogens is 270 g/mol. The van der Waals surface area contributed by atoms with Gasteiger partial charge in [-0.2, -0.15) is 0 Å². The third-order valence-electron chi connectivity index (χ3n) is 5.11. The Bertz CT molecular complexity index is 232. The Balaban J connectivity index is 4.10. The van der Waals surface area contributed by atoms with Gasteiger partial charge in [-0.1, -0.05) is 78.6 Å². The number of methoxy groups -OCH3 is 1.